The van der Waals surface area contributed by atoms with Gasteiger partial charge in [0.2, 0.25) is 10.0 Å². The van der Waals surface area contributed by atoms with Crippen LogP contribution in [-0.2, 0) is 14.8 Å². The molecule has 2 rings (SSSR count). The monoisotopic (exact) mass is 338 g/mol. The van der Waals surface area contributed by atoms with Crippen LogP contribution in [0.4, 0.5) is 5.69 Å². The second kappa shape index (κ2) is 7.40. The molecule has 0 aliphatic rings. The third kappa shape index (κ3) is 4.65. The number of ether oxygens (including phenoxy) is 1. The van der Waals surface area contributed by atoms with Crippen molar-refractivity contribution >= 4 is 21.6 Å². The zero-order valence-corrected chi connectivity index (χ0v) is 13.6. The Morgan fingerprint density at radius 1 is 1.17 bits per heavy atom. The van der Waals surface area contributed by atoms with Crippen LogP contribution in [0, 0.1) is 6.92 Å². The average molecular weight is 338 g/mol. The number of furan rings is 1. The second-order valence-electron chi connectivity index (χ2n) is 4.78. The number of carbonyl (C=O) groups excluding carboxylic acids is 1. The minimum Gasteiger partial charge on any atom is -0.456 e. The molecule has 1 amide bonds. The maximum absolute atomic E-state index is 12.0. The molecular weight excluding hydrogens is 320 g/mol. The summed E-state index contributed by atoms with van der Waals surface area (Å²) < 4.78 is 36.4. The van der Waals surface area contributed by atoms with Gasteiger partial charge in [-0.25, -0.2) is 13.1 Å². The van der Waals surface area contributed by atoms with Gasteiger partial charge in [0.05, 0.1) is 11.5 Å². The molecule has 23 heavy (non-hydrogen) atoms. The topological polar surface area (TPSA) is 97.6 Å². The maximum atomic E-state index is 12.0. The highest BCUT2D eigenvalue weighted by molar-refractivity contribution is 7.89. The van der Waals surface area contributed by atoms with Gasteiger partial charge in [0.1, 0.15) is 5.76 Å². The lowest BCUT2D eigenvalue weighted by atomic mass is 10.3. The molecular formula is C15H18N2O5S. The SMILES string of the molecule is COCCNS(=O)(=O)c1ccc(NC(=O)c2ccc(C)o2)cc1. The van der Waals surface area contributed by atoms with Gasteiger partial charge in [0.15, 0.2) is 5.76 Å². The number of anilines is 1. The van der Waals surface area contributed by atoms with Gasteiger partial charge in [-0.3, -0.25) is 4.79 Å². The third-order valence-corrected chi connectivity index (χ3v) is 4.46. The van der Waals surface area contributed by atoms with E-state index in [1.54, 1.807) is 19.1 Å². The Hall–Kier alpha value is -2.16. The van der Waals surface area contributed by atoms with Crippen LogP contribution in [0.15, 0.2) is 45.7 Å². The molecule has 0 atom stereocenters. The van der Waals surface area contributed by atoms with Crippen LogP contribution >= 0.6 is 0 Å². The van der Waals surface area contributed by atoms with Gasteiger partial charge >= 0.3 is 0 Å². The van der Waals surface area contributed by atoms with E-state index in [1.807, 2.05) is 0 Å². The molecule has 0 aliphatic heterocycles. The Labute approximate surface area is 134 Å². The molecule has 7 nitrogen and oxygen atoms in total. The van der Waals surface area contributed by atoms with Gasteiger partial charge in [-0.2, -0.15) is 0 Å². The highest BCUT2D eigenvalue weighted by Gasteiger charge is 2.14. The number of hydrogen-bond acceptors (Lipinski definition) is 5. The van der Waals surface area contributed by atoms with Gasteiger partial charge in [-0.15, -0.1) is 0 Å². The smallest absolute Gasteiger partial charge is 0.291 e. The number of methoxy groups -OCH3 is 1. The van der Waals surface area contributed by atoms with E-state index in [-0.39, 0.29) is 23.8 Å². The summed E-state index contributed by atoms with van der Waals surface area (Å²) in [4.78, 5) is 12.0. The summed E-state index contributed by atoms with van der Waals surface area (Å²) in [5.41, 5.74) is 0.472. The number of hydrogen-bond donors (Lipinski definition) is 2. The van der Waals surface area contributed by atoms with Crippen molar-refractivity contribution in [3.63, 3.8) is 0 Å². The van der Waals surface area contributed by atoms with Crippen molar-refractivity contribution in [1.82, 2.24) is 4.72 Å². The molecule has 0 saturated carbocycles. The second-order valence-corrected chi connectivity index (χ2v) is 6.55. The van der Waals surface area contributed by atoms with Crippen LogP contribution in [0.1, 0.15) is 16.3 Å². The van der Waals surface area contributed by atoms with Crippen molar-refractivity contribution in [2.75, 3.05) is 25.6 Å². The first-order chi connectivity index (χ1) is 10.9. The molecule has 0 bridgehead atoms. The first kappa shape index (κ1) is 17.2. The van der Waals surface area contributed by atoms with Crippen LogP contribution in [0.2, 0.25) is 0 Å². The molecule has 0 unspecified atom stereocenters. The highest BCUT2D eigenvalue weighted by Crippen LogP contribution is 2.15. The Morgan fingerprint density at radius 2 is 1.87 bits per heavy atom. The molecule has 2 aromatic rings. The van der Waals surface area contributed by atoms with Gasteiger partial charge in [0.25, 0.3) is 5.91 Å². The van der Waals surface area contributed by atoms with E-state index in [0.29, 0.717) is 11.4 Å². The number of aryl methyl sites for hydroxylation is 1. The Morgan fingerprint density at radius 3 is 2.43 bits per heavy atom. The summed E-state index contributed by atoms with van der Waals surface area (Å²) in [6.45, 7) is 2.22. The summed E-state index contributed by atoms with van der Waals surface area (Å²) >= 11 is 0. The number of carbonyl (C=O) groups is 1. The fourth-order valence-corrected chi connectivity index (χ4v) is 2.84. The maximum Gasteiger partial charge on any atom is 0.291 e. The lowest BCUT2D eigenvalue weighted by Crippen LogP contribution is -2.27. The quantitative estimate of drug-likeness (QED) is 0.750. The zero-order chi connectivity index (χ0) is 16.9. The molecule has 1 aromatic heterocycles. The molecule has 8 heteroatoms. The van der Waals surface area contributed by atoms with Gasteiger partial charge in [-0.05, 0) is 43.3 Å². The molecule has 0 saturated heterocycles. The van der Waals surface area contributed by atoms with Crippen molar-refractivity contribution < 1.29 is 22.4 Å². The summed E-state index contributed by atoms with van der Waals surface area (Å²) in [5.74, 6) is 0.436. The molecule has 0 aliphatic carbocycles. The van der Waals surface area contributed by atoms with E-state index in [9.17, 15) is 13.2 Å². The van der Waals surface area contributed by atoms with E-state index in [0.717, 1.165) is 0 Å². The van der Waals surface area contributed by atoms with E-state index in [2.05, 4.69) is 10.0 Å². The standard InChI is InChI=1S/C15H18N2O5S/c1-11-3-8-14(22-11)15(18)17-12-4-6-13(7-5-12)23(19,20)16-9-10-21-2/h3-8,16H,9-10H2,1-2H3,(H,17,18). The number of rotatable bonds is 7. The van der Waals surface area contributed by atoms with Crippen LogP contribution < -0.4 is 10.0 Å². The summed E-state index contributed by atoms with van der Waals surface area (Å²) in [7, 11) is -2.10. The number of amides is 1. The van der Waals surface area contributed by atoms with Crippen LogP contribution in [0.3, 0.4) is 0 Å². The third-order valence-electron chi connectivity index (χ3n) is 2.98. The Kier molecular flexibility index (Phi) is 5.54. The Balaban J connectivity index is 2.03. The first-order valence-electron chi connectivity index (χ1n) is 6.89. The predicted octanol–water partition coefficient (Wildman–Crippen LogP) is 1.77. The Bertz CT molecular complexity index is 765. The highest BCUT2D eigenvalue weighted by atomic mass is 32.2. The predicted molar refractivity (Wildman–Crippen MR) is 84.9 cm³/mol. The average Bonchev–Trinajstić information content (AvgIpc) is 2.95. The molecule has 0 radical (unpaired) electrons. The van der Waals surface area contributed by atoms with E-state index >= 15 is 0 Å². The van der Waals surface area contributed by atoms with Gasteiger partial charge in [-0.1, -0.05) is 0 Å². The van der Waals surface area contributed by atoms with E-state index < -0.39 is 15.9 Å². The number of benzene rings is 1. The molecule has 1 aromatic carbocycles. The van der Waals surface area contributed by atoms with Crippen LogP contribution in [-0.4, -0.2) is 34.6 Å². The van der Waals surface area contributed by atoms with E-state index in [1.165, 1.54) is 31.4 Å². The van der Waals surface area contributed by atoms with Crippen molar-refractivity contribution in [3.05, 3.63) is 47.9 Å². The van der Waals surface area contributed by atoms with Crippen LogP contribution in [0.25, 0.3) is 0 Å². The molecule has 0 fully saturated rings. The summed E-state index contributed by atoms with van der Waals surface area (Å²) in [6.07, 6.45) is 0. The minimum atomic E-state index is -3.59. The lowest BCUT2D eigenvalue weighted by Gasteiger charge is -2.08. The van der Waals surface area contributed by atoms with Gasteiger partial charge in [0, 0.05) is 19.3 Å². The fraction of sp³-hybridized carbons (Fsp3) is 0.267. The summed E-state index contributed by atoms with van der Waals surface area (Å²) in [6, 6.07) is 9.12. The fourth-order valence-electron chi connectivity index (χ4n) is 1.83. The summed E-state index contributed by atoms with van der Waals surface area (Å²) in [5, 5.41) is 2.63. The number of nitrogens with one attached hydrogen (secondary N) is 2. The number of sulfonamides is 1. The van der Waals surface area contributed by atoms with Crippen molar-refractivity contribution in [2.45, 2.75) is 11.8 Å². The largest absolute Gasteiger partial charge is 0.456 e. The molecule has 2 N–H and O–H groups in total. The van der Waals surface area contributed by atoms with Crippen molar-refractivity contribution in [2.24, 2.45) is 0 Å². The van der Waals surface area contributed by atoms with Crippen molar-refractivity contribution in [1.29, 1.82) is 0 Å². The normalized spacial score (nSPS) is 11.4. The zero-order valence-electron chi connectivity index (χ0n) is 12.8. The molecule has 0 spiro atoms. The van der Waals surface area contributed by atoms with Gasteiger partial charge < -0.3 is 14.5 Å². The molecule has 124 valence electrons. The van der Waals surface area contributed by atoms with Crippen molar-refractivity contribution in [3.8, 4) is 0 Å². The van der Waals surface area contributed by atoms with Crippen LogP contribution in [0.5, 0.6) is 0 Å². The first-order valence-corrected chi connectivity index (χ1v) is 8.37. The minimum absolute atomic E-state index is 0.112. The molecule has 1 heterocycles. The van der Waals surface area contributed by atoms with E-state index in [4.69, 9.17) is 9.15 Å². The lowest BCUT2D eigenvalue weighted by molar-refractivity contribution is 0.0995.